The lowest BCUT2D eigenvalue weighted by molar-refractivity contribution is -0.115. The van der Waals surface area contributed by atoms with Crippen molar-refractivity contribution in [1.82, 2.24) is 0 Å². The van der Waals surface area contributed by atoms with E-state index < -0.39 is 11.9 Å². The summed E-state index contributed by atoms with van der Waals surface area (Å²) in [4.78, 5) is 48.4. The lowest BCUT2D eigenvalue weighted by atomic mass is 10.1. The van der Waals surface area contributed by atoms with E-state index >= 15 is 0 Å². The summed E-state index contributed by atoms with van der Waals surface area (Å²) < 4.78 is 12.1. The normalized spacial score (nSPS) is 10.3. The third-order valence-electron chi connectivity index (χ3n) is 3.86. The smallest absolute Gasteiger partial charge is 0.345 e. The van der Waals surface area contributed by atoms with E-state index in [1.807, 2.05) is 74.7 Å². The summed E-state index contributed by atoms with van der Waals surface area (Å²) in [5, 5.41) is 5.42. The minimum atomic E-state index is -0.672. The van der Waals surface area contributed by atoms with Crippen LogP contribution >= 0.6 is 67.8 Å². The van der Waals surface area contributed by atoms with Crippen LogP contribution in [0.1, 0.15) is 47.9 Å². The molecule has 0 saturated heterocycles. The fourth-order valence-corrected chi connectivity index (χ4v) is 6.66. The molecule has 0 spiro atoms. The second-order valence-corrected chi connectivity index (χ2v) is 9.72. The van der Waals surface area contributed by atoms with E-state index in [0.717, 1.165) is 6.42 Å². The first-order valence-corrected chi connectivity index (χ1v) is 12.5. The molecule has 0 heterocycles. The Morgan fingerprint density at radius 1 is 0.812 bits per heavy atom. The molecule has 0 bridgehead atoms. The van der Waals surface area contributed by atoms with Crippen LogP contribution in [-0.4, -0.2) is 30.4 Å². The molecule has 11 heteroatoms. The largest absolute Gasteiger partial charge is 0.462 e. The summed E-state index contributed by atoms with van der Waals surface area (Å²) in [6.45, 7) is 4.94. The molecule has 0 unspecified atom stereocenters. The van der Waals surface area contributed by atoms with Gasteiger partial charge in [-0.2, -0.15) is 0 Å². The van der Waals surface area contributed by atoms with Crippen molar-refractivity contribution in [2.45, 2.75) is 27.2 Å². The van der Waals surface area contributed by atoms with E-state index in [0.29, 0.717) is 34.3 Å². The van der Waals surface area contributed by atoms with Gasteiger partial charge < -0.3 is 20.1 Å². The van der Waals surface area contributed by atoms with E-state index in [4.69, 9.17) is 9.47 Å². The fourth-order valence-electron chi connectivity index (χ4n) is 2.51. The molecule has 0 aliphatic carbocycles. The number of halogens is 3. The van der Waals surface area contributed by atoms with Crippen molar-refractivity contribution >= 4 is 103 Å². The van der Waals surface area contributed by atoms with Gasteiger partial charge in [-0.05, 0) is 98.5 Å². The average Bonchev–Trinajstić information content (AvgIpc) is 2.72. The number of rotatable bonds is 7. The quantitative estimate of drug-likeness (QED) is 0.228. The number of nitrogens with one attached hydrogen (secondary N) is 2. The van der Waals surface area contributed by atoms with Crippen molar-refractivity contribution in [1.29, 1.82) is 0 Å². The highest BCUT2D eigenvalue weighted by Crippen LogP contribution is 2.39. The van der Waals surface area contributed by atoms with Gasteiger partial charge in [-0.25, -0.2) is 9.59 Å². The van der Waals surface area contributed by atoms with Crippen LogP contribution in [0.2, 0.25) is 0 Å². The zero-order valence-corrected chi connectivity index (χ0v) is 23.8. The van der Waals surface area contributed by atoms with Crippen LogP contribution in [-0.2, 0) is 14.3 Å². The number of ether oxygens (including phenoxy) is 2. The van der Waals surface area contributed by atoms with Gasteiger partial charge in [0.15, 0.2) is 0 Å². The van der Waals surface area contributed by atoms with Gasteiger partial charge in [-0.3, -0.25) is 9.59 Å². The van der Waals surface area contributed by atoms with Gasteiger partial charge in [-0.15, -0.1) is 0 Å². The third-order valence-corrected chi connectivity index (χ3v) is 7.10. The molecule has 2 aromatic rings. The predicted octanol–water partition coefficient (Wildman–Crippen LogP) is 5.20. The van der Waals surface area contributed by atoms with Crippen molar-refractivity contribution < 1.29 is 28.7 Å². The van der Waals surface area contributed by atoms with Crippen LogP contribution < -0.4 is 15.4 Å². The van der Waals surface area contributed by atoms with Crippen molar-refractivity contribution in [3.8, 4) is 5.75 Å². The first-order valence-electron chi connectivity index (χ1n) is 9.31. The van der Waals surface area contributed by atoms with Crippen LogP contribution in [0, 0.1) is 10.7 Å². The Balaban J connectivity index is 2.41. The van der Waals surface area contributed by atoms with E-state index in [2.05, 4.69) is 10.6 Å². The number of hydrogen-bond acceptors (Lipinski definition) is 6. The zero-order chi connectivity index (χ0) is 24.0. The highest BCUT2D eigenvalue weighted by atomic mass is 127. The number of amides is 2. The maximum atomic E-state index is 13.1. The molecule has 2 rings (SSSR count). The van der Waals surface area contributed by atoms with Crippen LogP contribution in [0.3, 0.4) is 0 Å². The summed E-state index contributed by atoms with van der Waals surface area (Å²) in [6, 6.07) is 6.01. The fraction of sp³-hybridized carbons (Fsp3) is 0.238. The lowest BCUT2D eigenvalue weighted by Gasteiger charge is -2.19. The standard InChI is InChI=1S/C21H19I3N2O6/c1-4-9-31-20(29)12-5-7-13(8-6-12)32-21(30)14-15(22)18(25-10(2)27)17(24)19(16(14)23)26-11(3)28/h5-8H,4,9H2,1-3H3,(H,25,27)(H,26,28). The average molecular weight is 776 g/mol. The predicted molar refractivity (Wildman–Crippen MR) is 145 cm³/mol. The van der Waals surface area contributed by atoms with Crippen molar-refractivity contribution in [2.75, 3.05) is 17.2 Å². The van der Waals surface area contributed by atoms with Crippen LogP contribution in [0.4, 0.5) is 11.4 Å². The monoisotopic (exact) mass is 776 g/mol. The summed E-state index contributed by atoms with van der Waals surface area (Å²) in [6.07, 6.45) is 0.718. The van der Waals surface area contributed by atoms with Gasteiger partial charge in [-0.1, -0.05) is 6.92 Å². The van der Waals surface area contributed by atoms with Crippen molar-refractivity contribution in [2.24, 2.45) is 0 Å². The molecule has 170 valence electrons. The van der Waals surface area contributed by atoms with E-state index in [1.165, 1.54) is 38.1 Å². The van der Waals surface area contributed by atoms with Crippen molar-refractivity contribution in [3.05, 3.63) is 46.1 Å². The third kappa shape index (κ3) is 6.76. The summed E-state index contributed by atoms with van der Waals surface area (Å²) in [5.41, 5.74) is 1.36. The number of esters is 2. The summed E-state index contributed by atoms with van der Waals surface area (Å²) >= 11 is 5.93. The van der Waals surface area contributed by atoms with Gasteiger partial charge in [0.2, 0.25) is 11.8 Å². The molecule has 0 fully saturated rings. The van der Waals surface area contributed by atoms with E-state index in [1.54, 1.807) is 0 Å². The molecule has 2 N–H and O–H groups in total. The van der Waals surface area contributed by atoms with Gasteiger partial charge in [0.05, 0.1) is 39.8 Å². The van der Waals surface area contributed by atoms with Gasteiger partial charge in [0.1, 0.15) is 5.75 Å². The molecular formula is C21H19I3N2O6. The Labute approximate surface area is 226 Å². The molecule has 0 aliphatic heterocycles. The van der Waals surface area contributed by atoms with Gasteiger partial charge in [0.25, 0.3) is 0 Å². The SMILES string of the molecule is CCCOC(=O)c1ccc(OC(=O)c2c(I)c(NC(C)=O)c(I)c(NC(C)=O)c2I)cc1. The van der Waals surface area contributed by atoms with Crippen LogP contribution in [0.5, 0.6) is 5.75 Å². The molecule has 32 heavy (non-hydrogen) atoms. The highest BCUT2D eigenvalue weighted by Gasteiger charge is 2.27. The summed E-state index contributed by atoms with van der Waals surface area (Å²) in [7, 11) is 0. The molecule has 2 amide bonds. The zero-order valence-electron chi connectivity index (χ0n) is 17.3. The van der Waals surface area contributed by atoms with Gasteiger partial charge >= 0.3 is 11.9 Å². The molecule has 0 radical (unpaired) electrons. The van der Waals surface area contributed by atoms with Crippen molar-refractivity contribution in [3.63, 3.8) is 0 Å². The van der Waals surface area contributed by atoms with E-state index in [-0.39, 0.29) is 23.1 Å². The Kier molecular flexibility index (Phi) is 10.1. The molecule has 8 nitrogen and oxygen atoms in total. The minimum absolute atomic E-state index is 0.200. The maximum absolute atomic E-state index is 13.1. The first-order chi connectivity index (χ1) is 15.1. The number of hydrogen-bond donors (Lipinski definition) is 2. The second-order valence-electron chi connectivity index (χ2n) is 6.48. The Morgan fingerprint density at radius 3 is 1.75 bits per heavy atom. The van der Waals surface area contributed by atoms with Gasteiger partial charge in [0, 0.05) is 13.8 Å². The maximum Gasteiger partial charge on any atom is 0.345 e. The molecular weight excluding hydrogens is 757 g/mol. The lowest BCUT2D eigenvalue weighted by Crippen LogP contribution is -2.20. The Bertz CT molecular complexity index is 1030. The molecule has 0 aromatic heterocycles. The van der Waals surface area contributed by atoms with Crippen LogP contribution in [0.15, 0.2) is 24.3 Å². The number of carbonyl (C=O) groups excluding carboxylic acids is 4. The molecule has 0 saturated carbocycles. The highest BCUT2D eigenvalue weighted by molar-refractivity contribution is 14.1. The Hall–Kier alpha value is -1.49. The Morgan fingerprint density at radius 2 is 1.31 bits per heavy atom. The number of carbonyl (C=O) groups is 4. The topological polar surface area (TPSA) is 111 Å². The van der Waals surface area contributed by atoms with E-state index in [9.17, 15) is 19.2 Å². The number of anilines is 2. The second kappa shape index (κ2) is 12.1. The molecule has 0 aliphatic rings. The summed E-state index contributed by atoms with van der Waals surface area (Å²) in [5.74, 6) is -1.53. The minimum Gasteiger partial charge on any atom is -0.462 e. The first kappa shape index (κ1) is 26.8. The number of benzene rings is 2. The van der Waals surface area contributed by atoms with Crippen LogP contribution in [0.25, 0.3) is 0 Å². The molecule has 2 aromatic carbocycles. The molecule has 0 atom stereocenters.